The lowest BCUT2D eigenvalue weighted by molar-refractivity contribution is 0.130. The first-order valence-corrected chi connectivity index (χ1v) is 3.07. The van der Waals surface area contributed by atoms with Crippen LogP contribution in [0.3, 0.4) is 0 Å². The van der Waals surface area contributed by atoms with Gasteiger partial charge < -0.3 is 5.11 Å². The summed E-state index contributed by atoms with van der Waals surface area (Å²) in [5, 5.41) is 8.91. The highest BCUT2D eigenvalue weighted by atomic mass is 16.3. The zero-order chi connectivity index (χ0) is 5.11. The van der Waals surface area contributed by atoms with Gasteiger partial charge in [0.2, 0.25) is 0 Å². The van der Waals surface area contributed by atoms with Crippen molar-refractivity contribution in [2.45, 2.75) is 38.2 Å². The van der Waals surface area contributed by atoms with Gasteiger partial charge in [0.15, 0.2) is 0 Å². The maximum atomic E-state index is 8.91. The Labute approximate surface area is 52.7 Å². The van der Waals surface area contributed by atoms with Gasteiger partial charge in [-0.25, -0.2) is 0 Å². The van der Waals surface area contributed by atoms with Crippen molar-refractivity contribution in [2.24, 2.45) is 0 Å². The summed E-state index contributed by atoms with van der Waals surface area (Å²) in [6, 6.07) is 0. The maximum absolute atomic E-state index is 8.91. The fraction of sp³-hybridized carbons (Fsp3) is 1.00. The first-order chi connectivity index (χ1) is 3.39. The quantitative estimate of drug-likeness (QED) is 0.461. The van der Waals surface area contributed by atoms with E-state index in [4.69, 9.17) is 5.11 Å². The molecule has 45 valence electrons. The van der Waals surface area contributed by atoms with Gasteiger partial charge >= 0.3 is 0 Å². The highest BCUT2D eigenvalue weighted by molar-refractivity contribution is 5.75. The molecule has 2 heteroatoms. The average Bonchev–Trinajstić information content (AvgIpc) is 1.69. The van der Waals surface area contributed by atoms with Crippen LogP contribution in [-0.4, -0.2) is 19.6 Å². The van der Waals surface area contributed by atoms with Crippen molar-refractivity contribution >= 4 is 8.41 Å². The number of rotatable bonds is 0. The molecule has 1 rings (SSSR count). The number of hydrogen-bond acceptors (Lipinski definition) is 1. The number of aliphatic hydroxyl groups excluding tert-OH is 1. The van der Waals surface area contributed by atoms with Crippen molar-refractivity contribution in [3.8, 4) is 0 Å². The van der Waals surface area contributed by atoms with Crippen LogP contribution < -0.4 is 0 Å². The summed E-state index contributed by atoms with van der Waals surface area (Å²) in [5.41, 5.74) is 0. The maximum Gasteiger partial charge on any atom is 0.0540 e. The van der Waals surface area contributed by atoms with E-state index >= 15 is 0 Å². The van der Waals surface area contributed by atoms with Gasteiger partial charge in [0, 0.05) is 8.41 Å². The molecular formula is C6H12BO. The number of hydrogen-bond donors (Lipinski definition) is 1. The van der Waals surface area contributed by atoms with Gasteiger partial charge in [-0.2, -0.15) is 0 Å². The van der Waals surface area contributed by atoms with Crippen LogP contribution in [0.1, 0.15) is 32.1 Å². The standard InChI is InChI=1S/C6H12O.B/c7-6-4-2-1-3-5-6;/h6-7H,1-5H2;. The highest BCUT2D eigenvalue weighted by Gasteiger charge is 2.07. The van der Waals surface area contributed by atoms with E-state index in [1.54, 1.807) is 0 Å². The number of aliphatic hydroxyl groups is 1. The van der Waals surface area contributed by atoms with Crippen LogP contribution in [0.15, 0.2) is 0 Å². The van der Waals surface area contributed by atoms with Crippen LogP contribution in [0, 0.1) is 0 Å². The van der Waals surface area contributed by atoms with Gasteiger partial charge in [-0.05, 0) is 12.8 Å². The van der Waals surface area contributed by atoms with Gasteiger partial charge in [0.25, 0.3) is 0 Å². The minimum atomic E-state index is 0. The molecule has 0 heterocycles. The van der Waals surface area contributed by atoms with E-state index in [2.05, 4.69) is 0 Å². The molecule has 0 bridgehead atoms. The van der Waals surface area contributed by atoms with Gasteiger partial charge in [0.05, 0.1) is 6.10 Å². The van der Waals surface area contributed by atoms with Crippen molar-refractivity contribution in [1.29, 1.82) is 0 Å². The summed E-state index contributed by atoms with van der Waals surface area (Å²) >= 11 is 0. The van der Waals surface area contributed by atoms with E-state index in [0.717, 1.165) is 12.8 Å². The van der Waals surface area contributed by atoms with Crippen molar-refractivity contribution in [3.63, 3.8) is 0 Å². The first-order valence-electron chi connectivity index (χ1n) is 3.07. The summed E-state index contributed by atoms with van der Waals surface area (Å²) in [5.74, 6) is 0. The Hall–Kier alpha value is 0.0249. The van der Waals surface area contributed by atoms with Crippen LogP contribution >= 0.6 is 0 Å². The molecule has 0 aromatic heterocycles. The predicted molar refractivity (Wildman–Crippen MR) is 34.8 cm³/mol. The van der Waals surface area contributed by atoms with Crippen LogP contribution in [-0.2, 0) is 0 Å². The molecule has 3 radical (unpaired) electrons. The van der Waals surface area contributed by atoms with E-state index in [-0.39, 0.29) is 14.5 Å². The minimum Gasteiger partial charge on any atom is -0.393 e. The lowest BCUT2D eigenvalue weighted by Crippen LogP contribution is -2.09. The summed E-state index contributed by atoms with van der Waals surface area (Å²) in [6.07, 6.45) is 5.92. The van der Waals surface area contributed by atoms with Gasteiger partial charge in [0.1, 0.15) is 0 Å². The van der Waals surface area contributed by atoms with E-state index in [9.17, 15) is 0 Å². The second-order valence-corrected chi connectivity index (χ2v) is 2.29. The average molecular weight is 111 g/mol. The summed E-state index contributed by atoms with van der Waals surface area (Å²) in [6.45, 7) is 0. The molecule has 0 amide bonds. The van der Waals surface area contributed by atoms with Crippen LogP contribution in [0.25, 0.3) is 0 Å². The van der Waals surface area contributed by atoms with Crippen LogP contribution in [0.4, 0.5) is 0 Å². The largest absolute Gasteiger partial charge is 0.393 e. The molecule has 1 nitrogen and oxygen atoms in total. The normalized spacial score (nSPS) is 22.1. The lowest BCUT2D eigenvalue weighted by atomic mass is 9.98. The molecule has 0 spiro atoms. The topological polar surface area (TPSA) is 20.2 Å². The Morgan fingerprint density at radius 2 is 1.50 bits per heavy atom. The van der Waals surface area contributed by atoms with Gasteiger partial charge in [-0.3, -0.25) is 0 Å². The van der Waals surface area contributed by atoms with E-state index in [1.165, 1.54) is 19.3 Å². The third-order valence-electron chi connectivity index (χ3n) is 1.57. The van der Waals surface area contributed by atoms with E-state index < -0.39 is 0 Å². The molecule has 0 aromatic carbocycles. The Morgan fingerprint density at radius 3 is 1.75 bits per heavy atom. The molecular weight excluding hydrogens is 98.9 g/mol. The Morgan fingerprint density at radius 1 is 1.00 bits per heavy atom. The molecule has 0 atom stereocenters. The monoisotopic (exact) mass is 111 g/mol. The highest BCUT2D eigenvalue weighted by Crippen LogP contribution is 2.16. The minimum absolute atomic E-state index is 0. The Kier molecular flexibility index (Phi) is 3.97. The molecule has 0 saturated heterocycles. The summed E-state index contributed by atoms with van der Waals surface area (Å²) in [4.78, 5) is 0. The Balaban J connectivity index is 0.000000490. The first kappa shape index (κ1) is 8.02. The Bertz CT molecular complexity index is 50.5. The molecule has 1 aliphatic carbocycles. The van der Waals surface area contributed by atoms with Crippen molar-refractivity contribution in [1.82, 2.24) is 0 Å². The van der Waals surface area contributed by atoms with Crippen molar-refractivity contribution in [3.05, 3.63) is 0 Å². The molecule has 1 N–H and O–H groups in total. The van der Waals surface area contributed by atoms with E-state index in [0.29, 0.717) is 0 Å². The molecule has 0 unspecified atom stereocenters. The molecule has 1 saturated carbocycles. The van der Waals surface area contributed by atoms with Crippen molar-refractivity contribution < 1.29 is 5.11 Å². The zero-order valence-corrected chi connectivity index (χ0v) is 5.14. The fourth-order valence-corrected chi connectivity index (χ4v) is 1.08. The summed E-state index contributed by atoms with van der Waals surface area (Å²) in [7, 11) is 0. The van der Waals surface area contributed by atoms with E-state index in [1.807, 2.05) is 0 Å². The third-order valence-corrected chi connectivity index (χ3v) is 1.57. The van der Waals surface area contributed by atoms with Crippen LogP contribution in [0.2, 0.25) is 0 Å². The zero-order valence-electron chi connectivity index (χ0n) is 5.14. The molecule has 8 heavy (non-hydrogen) atoms. The molecule has 0 aliphatic heterocycles. The fourth-order valence-electron chi connectivity index (χ4n) is 1.08. The second kappa shape index (κ2) is 3.96. The SMILES string of the molecule is OC1CCCCC1.[B]. The van der Waals surface area contributed by atoms with Crippen LogP contribution in [0.5, 0.6) is 0 Å². The lowest BCUT2D eigenvalue weighted by Gasteiger charge is -2.14. The smallest absolute Gasteiger partial charge is 0.0540 e. The van der Waals surface area contributed by atoms with Crippen molar-refractivity contribution in [2.75, 3.05) is 0 Å². The predicted octanol–water partition coefficient (Wildman–Crippen LogP) is 0.931. The molecule has 1 fully saturated rings. The third kappa shape index (κ3) is 2.36. The van der Waals surface area contributed by atoms with Gasteiger partial charge in [-0.1, -0.05) is 19.3 Å². The molecule has 1 aliphatic rings. The summed E-state index contributed by atoms with van der Waals surface area (Å²) < 4.78 is 0. The van der Waals surface area contributed by atoms with Gasteiger partial charge in [-0.15, -0.1) is 0 Å². The molecule has 0 aromatic rings. The second-order valence-electron chi connectivity index (χ2n) is 2.29.